The Morgan fingerprint density at radius 3 is 2.57 bits per heavy atom. The molecule has 1 unspecified atom stereocenters. The fraction of sp³-hybridized carbons (Fsp3) is 0.308. The first-order valence-corrected chi connectivity index (χ1v) is 6.10. The molecule has 1 aromatic carbocycles. The van der Waals surface area contributed by atoms with E-state index in [1.807, 2.05) is 12.1 Å². The summed E-state index contributed by atoms with van der Waals surface area (Å²) in [6.07, 6.45) is -3.81. The molecule has 8 heteroatoms. The van der Waals surface area contributed by atoms with Gasteiger partial charge in [-0.2, -0.15) is 18.2 Å². The highest BCUT2D eigenvalue weighted by Gasteiger charge is 2.38. The van der Waals surface area contributed by atoms with E-state index in [1.165, 1.54) is 7.11 Å². The standard InChI is InChI=1S/C13H10F3N3O2/c1-20-18-10-6-9(10)7-2-4-8(5-3-7)11-17-12(21-19-11)13(14,15)16/h2-5,9H,6H2,1H3/b18-10+. The molecule has 5 nitrogen and oxygen atoms in total. The van der Waals surface area contributed by atoms with E-state index in [0.717, 1.165) is 17.7 Å². The molecular weight excluding hydrogens is 287 g/mol. The van der Waals surface area contributed by atoms with E-state index >= 15 is 0 Å². The second kappa shape index (κ2) is 4.87. The summed E-state index contributed by atoms with van der Waals surface area (Å²) in [6, 6.07) is 6.93. The van der Waals surface area contributed by atoms with Crippen molar-refractivity contribution >= 4 is 5.71 Å². The molecule has 2 aromatic rings. The fourth-order valence-electron chi connectivity index (χ4n) is 2.00. The van der Waals surface area contributed by atoms with Gasteiger partial charge in [-0.1, -0.05) is 34.6 Å². The zero-order valence-corrected chi connectivity index (χ0v) is 10.9. The second-order valence-electron chi connectivity index (χ2n) is 4.56. The topological polar surface area (TPSA) is 60.5 Å². The highest BCUT2D eigenvalue weighted by molar-refractivity contribution is 6.05. The number of alkyl halides is 3. The van der Waals surface area contributed by atoms with Gasteiger partial charge in [0.05, 0.1) is 5.71 Å². The molecule has 1 heterocycles. The van der Waals surface area contributed by atoms with Gasteiger partial charge < -0.3 is 9.36 Å². The van der Waals surface area contributed by atoms with Crippen LogP contribution in [0.1, 0.15) is 23.8 Å². The average Bonchev–Trinajstić information content (AvgIpc) is 3.01. The average molecular weight is 297 g/mol. The zero-order valence-electron chi connectivity index (χ0n) is 10.9. The molecule has 3 rings (SSSR count). The minimum atomic E-state index is -4.63. The number of halogens is 3. The van der Waals surface area contributed by atoms with E-state index in [1.54, 1.807) is 12.1 Å². The van der Waals surface area contributed by atoms with Crippen LogP contribution >= 0.6 is 0 Å². The molecule has 1 aliphatic carbocycles. The van der Waals surface area contributed by atoms with E-state index in [0.29, 0.717) is 5.56 Å². The third-order valence-electron chi connectivity index (χ3n) is 3.10. The normalized spacial score (nSPS) is 19.8. The number of rotatable bonds is 3. The van der Waals surface area contributed by atoms with Gasteiger partial charge in [0.2, 0.25) is 5.82 Å². The largest absolute Gasteiger partial charge is 0.471 e. The number of hydrogen-bond donors (Lipinski definition) is 0. The molecule has 1 fully saturated rings. The van der Waals surface area contributed by atoms with Crippen molar-refractivity contribution in [2.24, 2.45) is 5.16 Å². The van der Waals surface area contributed by atoms with Crippen LogP contribution in [0, 0.1) is 0 Å². The van der Waals surface area contributed by atoms with Crippen molar-refractivity contribution in [1.29, 1.82) is 0 Å². The Kier molecular flexibility index (Phi) is 3.15. The van der Waals surface area contributed by atoms with Gasteiger partial charge in [-0.25, -0.2) is 0 Å². The fourth-order valence-corrected chi connectivity index (χ4v) is 2.00. The molecule has 1 aromatic heterocycles. The molecule has 21 heavy (non-hydrogen) atoms. The van der Waals surface area contributed by atoms with E-state index in [-0.39, 0.29) is 11.7 Å². The molecule has 0 amide bonds. The number of aromatic nitrogens is 2. The van der Waals surface area contributed by atoms with Crippen LogP contribution < -0.4 is 0 Å². The van der Waals surface area contributed by atoms with Crippen LogP contribution in [-0.2, 0) is 11.0 Å². The first-order valence-electron chi connectivity index (χ1n) is 6.10. The van der Waals surface area contributed by atoms with Gasteiger partial charge in [0.1, 0.15) is 7.11 Å². The summed E-state index contributed by atoms with van der Waals surface area (Å²) in [5.74, 6) is -1.22. The summed E-state index contributed by atoms with van der Waals surface area (Å²) in [5.41, 5.74) is 2.43. The van der Waals surface area contributed by atoms with Gasteiger partial charge in [-0.3, -0.25) is 0 Å². The van der Waals surface area contributed by atoms with Crippen molar-refractivity contribution in [1.82, 2.24) is 10.1 Å². The van der Waals surface area contributed by atoms with E-state index in [4.69, 9.17) is 4.84 Å². The Balaban J connectivity index is 1.79. The Bertz CT molecular complexity index is 677. The van der Waals surface area contributed by atoms with Crippen LogP contribution in [-0.4, -0.2) is 23.0 Å². The Morgan fingerprint density at radius 1 is 1.29 bits per heavy atom. The maximum atomic E-state index is 12.4. The zero-order chi connectivity index (χ0) is 15.0. The second-order valence-corrected chi connectivity index (χ2v) is 4.56. The number of nitrogens with zero attached hydrogens (tertiary/aromatic N) is 3. The molecule has 0 spiro atoms. The monoisotopic (exact) mass is 297 g/mol. The summed E-state index contributed by atoms with van der Waals surface area (Å²) >= 11 is 0. The molecule has 0 bridgehead atoms. The van der Waals surface area contributed by atoms with Crippen LogP contribution in [0.4, 0.5) is 13.2 Å². The summed E-state index contributed by atoms with van der Waals surface area (Å²) < 4.78 is 41.4. The van der Waals surface area contributed by atoms with Crippen LogP contribution in [0.25, 0.3) is 11.4 Å². The van der Waals surface area contributed by atoms with E-state index < -0.39 is 12.1 Å². The van der Waals surface area contributed by atoms with Crippen molar-refractivity contribution in [2.45, 2.75) is 18.5 Å². The van der Waals surface area contributed by atoms with Crippen LogP contribution in [0.5, 0.6) is 0 Å². The first kappa shape index (κ1) is 13.6. The molecule has 1 atom stereocenters. The summed E-state index contributed by atoms with van der Waals surface area (Å²) in [4.78, 5) is 8.03. The molecule has 1 saturated carbocycles. The maximum Gasteiger partial charge on any atom is 0.471 e. The van der Waals surface area contributed by atoms with Crippen molar-refractivity contribution in [2.75, 3.05) is 7.11 Å². The van der Waals surface area contributed by atoms with Gasteiger partial charge in [-0.15, -0.1) is 0 Å². The van der Waals surface area contributed by atoms with Crippen LogP contribution in [0.15, 0.2) is 33.9 Å². The third-order valence-corrected chi connectivity index (χ3v) is 3.10. The maximum absolute atomic E-state index is 12.4. The smallest absolute Gasteiger partial charge is 0.399 e. The molecule has 1 aliphatic rings. The Labute approximate surface area is 117 Å². The number of oxime groups is 1. The van der Waals surface area contributed by atoms with Crippen molar-refractivity contribution in [3.8, 4) is 11.4 Å². The summed E-state index contributed by atoms with van der Waals surface area (Å²) in [5, 5.41) is 7.19. The summed E-state index contributed by atoms with van der Waals surface area (Å²) in [6.45, 7) is 0. The van der Waals surface area contributed by atoms with E-state index in [9.17, 15) is 13.2 Å². The van der Waals surface area contributed by atoms with Gasteiger partial charge >= 0.3 is 12.1 Å². The predicted octanol–water partition coefficient (Wildman–Crippen LogP) is 3.25. The number of benzene rings is 1. The molecular formula is C13H10F3N3O2. The number of hydrogen-bond acceptors (Lipinski definition) is 5. The molecule has 0 N–H and O–H groups in total. The molecule has 0 radical (unpaired) electrons. The lowest BCUT2D eigenvalue weighted by Gasteiger charge is -1.99. The van der Waals surface area contributed by atoms with E-state index in [2.05, 4.69) is 19.8 Å². The molecule has 110 valence electrons. The Hall–Kier alpha value is -2.38. The van der Waals surface area contributed by atoms with Gasteiger partial charge in [-0.05, 0) is 5.56 Å². The Morgan fingerprint density at radius 2 is 2.00 bits per heavy atom. The third kappa shape index (κ3) is 2.74. The SMILES string of the molecule is CO/N=C1\CC1c1ccc(-c2noc(C(F)(F)F)n2)cc1. The first-order chi connectivity index (χ1) is 9.99. The minimum absolute atomic E-state index is 0.0875. The summed E-state index contributed by atoms with van der Waals surface area (Å²) in [7, 11) is 1.49. The lowest BCUT2D eigenvalue weighted by molar-refractivity contribution is -0.159. The van der Waals surface area contributed by atoms with Gasteiger partial charge in [0.25, 0.3) is 0 Å². The van der Waals surface area contributed by atoms with Crippen LogP contribution in [0.2, 0.25) is 0 Å². The van der Waals surface area contributed by atoms with Gasteiger partial charge in [0, 0.05) is 17.9 Å². The van der Waals surface area contributed by atoms with Crippen molar-refractivity contribution in [3.05, 3.63) is 35.7 Å². The highest BCUT2D eigenvalue weighted by atomic mass is 19.4. The highest BCUT2D eigenvalue weighted by Crippen LogP contribution is 2.38. The van der Waals surface area contributed by atoms with Crippen molar-refractivity contribution in [3.63, 3.8) is 0 Å². The lowest BCUT2D eigenvalue weighted by Crippen LogP contribution is -2.04. The molecule has 0 saturated heterocycles. The predicted molar refractivity (Wildman–Crippen MR) is 66.5 cm³/mol. The van der Waals surface area contributed by atoms with Crippen LogP contribution in [0.3, 0.4) is 0 Å². The molecule has 0 aliphatic heterocycles. The van der Waals surface area contributed by atoms with Crippen molar-refractivity contribution < 1.29 is 22.5 Å². The lowest BCUT2D eigenvalue weighted by atomic mass is 10.1. The van der Waals surface area contributed by atoms with Gasteiger partial charge in [0.15, 0.2) is 0 Å². The minimum Gasteiger partial charge on any atom is -0.399 e. The quantitative estimate of drug-likeness (QED) is 0.816.